The van der Waals surface area contributed by atoms with Gasteiger partial charge in [-0.05, 0) is 23.6 Å². The zero-order valence-corrected chi connectivity index (χ0v) is 11.0. The van der Waals surface area contributed by atoms with Gasteiger partial charge in [0.15, 0.2) is 0 Å². The Kier molecular flexibility index (Phi) is 4.05. The Balaban J connectivity index is 2.01. The van der Waals surface area contributed by atoms with Crippen molar-refractivity contribution in [1.29, 1.82) is 0 Å². The molecule has 0 saturated heterocycles. The number of esters is 1. The summed E-state index contributed by atoms with van der Waals surface area (Å²) in [5, 5.41) is 2.88. The van der Waals surface area contributed by atoms with Crippen LogP contribution < -0.4 is 0 Å². The Morgan fingerprint density at radius 2 is 2.12 bits per heavy atom. The third kappa shape index (κ3) is 3.22. The molecule has 0 radical (unpaired) electrons. The second kappa shape index (κ2) is 5.54. The van der Waals surface area contributed by atoms with Gasteiger partial charge < -0.3 is 4.74 Å². The van der Waals surface area contributed by atoms with E-state index in [-0.39, 0.29) is 12.6 Å². The van der Waals surface area contributed by atoms with E-state index in [1.165, 1.54) is 11.3 Å². The van der Waals surface area contributed by atoms with Gasteiger partial charge in [-0.25, -0.2) is 4.79 Å². The smallest absolute Gasteiger partial charge is 0.348 e. The topological polar surface area (TPSA) is 26.3 Å². The third-order valence-electron chi connectivity index (χ3n) is 2.10. The summed E-state index contributed by atoms with van der Waals surface area (Å²) in [5.74, 6) is -0.342. The molecular formula is C12H8Cl2O2S. The standard InChI is InChI=1S/C12H8Cl2O2S/c13-9-4-3-8(10(14)6-9)7-16-12(15)11-2-1-5-17-11/h1-6H,7H2. The van der Waals surface area contributed by atoms with Crippen LogP contribution in [0.25, 0.3) is 0 Å². The molecule has 0 aliphatic heterocycles. The zero-order valence-electron chi connectivity index (χ0n) is 8.65. The van der Waals surface area contributed by atoms with Crippen LogP contribution in [0.3, 0.4) is 0 Å². The van der Waals surface area contributed by atoms with Crippen molar-refractivity contribution in [2.75, 3.05) is 0 Å². The first-order valence-corrected chi connectivity index (χ1v) is 6.45. The van der Waals surface area contributed by atoms with Crippen molar-refractivity contribution >= 4 is 40.5 Å². The third-order valence-corrected chi connectivity index (χ3v) is 3.53. The average molecular weight is 287 g/mol. The van der Waals surface area contributed by atoms with Crippen LogP contribution in [-0.2, 0) is 11.3 Å². The normalized spacial score (nSPS) is 10.2. The van der Waals surface area contributed by atoms with Crippen molar-refractivity contribution in [2.45, 2.75) is 6.61 Å². The molecule has 1 heterocycles. The Hall–Kier alpha value is -1.03. The van der Waals surface area contributed by atoms with Gasteiger partial charge in [0.2, 0.25) is 0 Å². The van der Waals surface area contributed by atoms with Crippen molar-refractivity contribution in [3.63, 3.8) is 0 Å². The van der Waals surface area contributed by atoms with Crippen LogP contribution in [-0.4, -0.2) is 5.97 Å². The quantitative estimate of drug-likeness (QED) is 0.781. The van der Waals surface area contributed by atoms with Crippen LogP contribution in [0.2, 0.25) is 10.0 Å². The summed E-state index contributed by atoms with van der Waals surface area (Å²) >= 11 is 13.1. The second-order valence-electron chi connectivity index (χ2n) is 3.29. The number of ether oxygens (including phenoxy) is 1. The maximum absolute atomic E-state index is 11.6. The van der Waals surface area contributed by atoms with Crippen LogP contribution in [0.15, 0.2) is 35.7 Å². The molecule has 2 aromatic rings. The van der Waals surface area contributed by atoms with Crippen molar-refractivity contribution in [1.82, 2.24) is 0 Å². The molecule has 1 aromatic heterocycles. The average Bonchev–Trinajstić information content (AvgIpc) is 2.81. The maximum Gasteiger partial charge on any atom is 0.348 e. The van der Waals surface area contributed by atoms with Gasteiger partial charge in [-0.2, -0.15) is 0 Å². The predicted molar refractivity (Wildman–Crippen MR) is 69.9 cm³/mol. The van der Waals surface area contributed by atoms with Crippen LogP contribution in [0.1, 0.15) is 15.2 Å². The fourth-order valence-electron chi connectivity index (χ4n) is 1.25. The lowest BCUT2D eigenvalue weighted by molar-refractivity contribution is 0.0479. The predicted octanol–water partition coefficient (Wildman–Crippen LogP) is 4.41. The first-order chi connectivity index (χ1) is 8.16. The number of benzene rings is 1. The number of hydrogen-bond donors (Lipinski definition) is 0. The molecule has 17 heavy (non-hydrogen) atoms. The largest absolute Gasteiger partial charge is 0.457 e. The van der Waals surface area contributed by atoms with Crippen molar-refractivity contribution in [2.24, 2.45) is 0 Å². The van der Waals surface area contributed by atoms with E-state index in [0.717, 1.165) is 5.56 Å². The summed E-state index contributed by atoms with van der Waals surface area (Å²) in [6.45, 7) is 0.146. The van der Waals surface area contributed by atoms with E-state index in [2.05, 4.69) is 0 Å². The molecule has 0 unspecified atom stereocenters. The zero-order chi connectivity index (χ0) is 12.3. The summed E-state index contributed by atoms with van der Waals surface area (Å²) in [6, 6.07) is 8.60. The minimum Gasteiger partial charge on any atom is -0.457 e. The Morgan fingerprint density at radius 3 is 2.76 bits per heavy atom. The fraction of sp³-hybridized carbons (Fsp3) is 0.0833. The van der Waals surface area contributed by atoms with Gasteiger partial charge in [0.25, 0.3) is 0 Å². The molecule has 0 aliphatic carbocycles. The van der Waals surface area contributed by atoms with Crippen molar-refractivity contribution in [3.8, 4) is 0 Å². The Labute approximate surface area is 113 Å². The highest BCUT2D eigenvalue weighted by molar-refractivity contribution is 7.11. The number of hydrogen-bond acceptors (Lipinski definition) is 3. The van der Waals surface area contributed by atoms with E-state index in [1.807, 2.05) is 5.38 Å². The molecule has 2 rings (SSSR count). The van der Waals surface area contributed by atoms with Crippen LogP contribution in [0.5, 0.6) is 0 Å². The van der Waals surface area contributed by atoms with Gasteiger partial charge in [-0.3, -0.25) is 0 Å². The first kappa shape index (κ1) is 12.4. The molecule has 0 atom stereocenters. The molecular weight excluding hydrogens is 279 g/mol. The minimum atomic E-state index is -0.342. The summed E-state index contributed by atoms with van der Waals surface area (Å²) in [4.78, 5) is 12.2. The highest BCUT2D eigenvalue weighted by Crippen LogP contribution is 2.22. The van der Waals surface area contributed by atoms with Gasteiger partial charge in [-0.15, -0.1) is 11.3 Å². The van der Waals surface area contributed by atoms with Crippen molar-refractivity contribution in [3.05, 3.63) is 56.2 Å². The number of rotatable bonds is 3. The monoisotopic (exact) mass is 286 g/mol. The van der Waals surface area contributed by atoms with E-state index in [9.17, 15) is 4.79 Å². The van der Waals surface area contributed by atoms with Gasteiger partial charge in [0.1, 0.15) is 11.5 Å². The SMILES string of the molecule is O=C(OCc1ccc(Cl)cc1Cl)c1cccs1. The first-order valence-electron chi connectivity index (χ1n) is 4.81. The van der Waals surface area contributed by atoms with E-state index in [1.54, 1.807) is 30.3 Å². The lowest BCUT2D eigenvalue weighted by Crippen LogP contribution is -2.03. The van der Waals surface area contributed by atoms with E-state index >= 15 is 0 Å². The molecule has 0 fully saturated rings. The summed E-state index contributed by atoms with van der Waals surface area (Å²) in [7, 11) is 0. The molecule has 1 aromatic carbocycles. The van der Waals surface area contributed by atoms with Gasteiger partial charge in [-0.1, -0.05) is 35.3 Å². The fourth-order valence-corrected chi connectivity index (χ4v) is 2.33. The van der Waals surface area contributed by atoms with E-state index < -0.39 is 0 Å². The lowest BCUT2D eigenvalue weighted by Gasteiger charge is -2.05. The summed E-state index contributed by atoms with van der Waals surface area (Å²) in [5.41, 5.74) is 0.737. The minimum absolute atomic E-state index is 0.146. The molecule has 0 saturated carbocycles. The van der Waals surface area contributed by atoms with E-state index in [0.29, 0.717) is 14.9 Å². The maximum atomic E-state index is 11.6. The molecule has 0 amide bonds. The highest BCUT2D eigenvalue weighted by atomic mass is 35.5. The highest BCUT2D eigenvalue weighted by Gasteiger charge is 2.09. The molecule has 0 spiro atoms. The van der Waals surface area contributed by atoms with Crippen LogP contribution in [0.4, 0.5) is 0 Å². The number of thiophene rings is 1. The summed E-state index contributed by atoms with van der Waals surface area (Å²) < 4.78 is 5.14. The number of halogens is 2. The lowest BCUT2D eigenvalue weighted by atomic mass is 10.2. The van der Waals surface area contributed by atoms with Gasteiger partial charge in [0.05, 0.1) is 0 Å². The molecule has 2 nitrogen and oxygen atoms in total. The van der Waals surface area contributed by atoms with E-state index in [4.69, 9.17) is 27.9 Å². The van der Waals surface area contributed by atoms with Crippen molar-refractivity contribution < 1.29 is 9.53 Å². The molecule has 0 aliphatic rings. The molecule has 0 bridgehead atoms. The molecule has 88 valence electrons. The second-order valence-corrected chi connectivity index (χ2v) is 5.08. The Morgan fingerprint density at radius 1 is 1.29 bits per heavy atom. The van der Waals surface area contributed by atoms with Gasteiger partial charge in [0, 0.05) is 15.6 Å². The molecule has 0 N–H and O–H groups in total. The van der Waals surface area contributed by atoms with Crippen LogP contribution >= 0.6 is 34.5 Å². The van der Waals surface area contributed by atoms with Gasteiger partial charge >= 0.3 is 5.97 Å². The number of carbonyl (C=O) groups is 1. The Bertz CT molecular complexity index is 523. The van der Waals surface area contributed by atoms with Crippen LogP contribution in [0, 0.1) is 0 Å². The number of carbonyl (C=O) groups excluding carboxylic acids is 1. The summed E-state index contributed by atoms with van der Waals surface area (Å²) in [6.07, 6.45) is 0. The molecule has 5 heteroatoms.